The van der Waals surface area contributed by atoms with Gasteiger partial charge < -0.3 is 19.4 Å². The van der Waals surface area contributed by atoms with E-state index >= 15 is 0 Å². The second-order valence-electron chi connectivity index (χ2n) is 5.59. The van der Waals surface area contributed by atoms with Gasteiger partial charge in [-0.2, -0.15) is 0 Å². The third-order valence-corrected chi connectivity index (χ3v) is 4.08. The van der Waals surface area contributed by atoms with Crippen LogP contribution in [-0.2, 0) is 6.54 Å². The van der Waals surface area contributed by atoms with Crippen molar-refractivity contribution in [3.05, 3.63) is 54.0 Å². The third-order valence-electron chi connectivity index (χ3n) is 4.08. The summed E-state index contributed by atoms with van der Waals surface area (Å²) in [7, 11) is 0. The molecule has 0 aliphatic carbocycles. The van der Waals surface area contributed by atoms with Gasteiger partial charge in [0.25, 0.3) is 0 Å². The largest absolute Gasteiger partial charge is 0.494 e. The number of likely N-dealkylation sites (tertiary alicyclic amines) is 1. The van der Waals surface area contributed by atoms with Crippen LogP contribution in [0.1, 0.15) is 37.1 Å². The van der Waals surface area contributed by atoms with E-state index in [0.29, 0.717) is 13.2 Å². The summed E-state index contributed by atoms with van der Waals surface area (Å²) in [4.78, 5) is 14.3. The van der Waals surface area contributed by atoms with Crippen LogP contribution in [0.3, 0.4) is 0 Å². The van der Waals surface area contributed by atoms with Crippen molar-refractivity contribution in [3.8, 4) is 5.75 Å². The molecule has 5 heteroatoms. The lowest BCUT2D eigenvalue weighted by molar-refractivity contribution is 0.191. The summed E-state index contributed by atoms with van der Waals surface area (Å²) < 4.78 is 10.7. The van der Waals surface area contributed by atoms with Gasteiger partial charge in [0.1, 0.15) is 11.5 Å². The normalized spacial score (nSPS) is 17.3. The molecule has 2 aromatic rings. The summed E-state index contributed by atoms with van der Waals surface area (Å²) in [6.07, 6.45) is 3.62. The summed E-state index contributed by atoms with van der Waals surface area (Å²) >= 11 is 0. The predicted octanol–water partition coefficient (Wildman–Crippen LogP) is 3.73. The van der Waals surface area contributed by atoms with Crippen molar-refractivity contribution in [1.82, 2.24) is 10.2 Å². The number of ether oxygens (including phenoxy) is 1. The fraction of sp³-hybridized carbons (Fsp3) is 0.389. The number of hydrogen-bond acceptors (Lipinski definition) is 3. The summed E-state index contributed by atoms with van der Waals surface area (Å²) in [6, 6.07) is 11.8. The van der Waals surface area contributed by atoms with Crippen molar-refractivity contribution >= 4 is 6.03 Å². The van der Waals surface area contributed by atoms with Crippen molar-refractivity contribution in [1.29, 1.82) is 0 Å². The number of nitrogens with one attached hydrogen (secondary N) is 1. The Hall–Kier alpha value is -2.43. The minimum Gasteiger partial charge on any atom is -0.494 e. The first-order chi connectivity index (χ1) is 11.3. The summed E-state index contributed by atoms with van der Waals surface area (Å²) in [5.41, 5.74) is 1.15. The lowest BCUT2D eigenvalue weighted by Crippen LogP contribution is -2.39. The van der Waals surface area contributed by atoms with Crippen molar-refractivity contribution in [2.75, 3.05) is 13.2 Å². The van der Waals surface area contributed by atoms with E-state index in [2.05, 4.69) is 5.32 Å². The van der Waals surface area contributed by atoms with Crippen molar-refractivity contribution in [2.45, 2.75) is 32.4 Å². The molecule has 23 heavy (non-hydrogen) atoms. The zero-order chi connectivity index (χ0) is 16.1. The molecular formula is C18H22N2O3. The van der Waals surface area contributed by atoms with E-state index in [1.165, 1.54) is 0 Å². The number of benzene rings is 1. The standard InChI is InChI=1S/C18H22N2O3/c1-2-22-15-9-7-14(8-10-15)17-6-3-11-20(17)18(21)19-13-16-5-4-12-23-16/h4-5,7-10,12,17H,2-3,6,11,13H2,1H3,(H,19,21). The SMILES string of the molecule is CCOc1ccc(C2CCCN2C(=O)NCc2ccco2)cc1. The zero-order valence-electron chi connectivity index (χ0n) is 13.3. The van der Waals surface area contributed by atoms with Crippen LogP contribution >= 0.6 is 0 Å². The summed E-state index contributed by atoms with van der Waals surface area (Å²) in [6.45, 7) is 3.82. The van der Waals surface area contributed by atoms with Crippen molar-refractivity contribution in [3.63, 3.8) is 0 Å². The molecule has 1 saturated heterocycles. The van der Waals surface area contributed by atoms with Crippen molar-refractivity contribution in [2.24, 2.45) is 0 Å². The Morgan fingerprint density at radius 2 is 2.17 bits per heavy atom. The molecule has 2 heterocycles. The van der Waals surface area contributed by atoms with Gasteiger partial charge in [-0.1, -0.05) is 12.1 Å². The van der Waals surface area contributed by atoms with Crippen LogP contribution in [0.2, 0.25) is 0 Å². The fourth-order valence-corrected chi connectivity index (χ4v) is 2.99. The molecule has 0 radical (unpaired) electrons. The quantitative estimate of drug-likeness (QED) is 0.915. The summed E-state index contributed by atoms with van der Waals surface area (Å²) in [5, 5.41) is 2.93. The molecule has 5 nitrogen and oxygen atoms in total. The molecule has 1 N–H and O–H groups in total. The number of rotatable bonds is 5. The van der Waals surface area contributed by atoms with Gasteiger partial charge in [-0.05, 0) is 49.6 Å². The molecule has 1 unspecified atom stereocenters. The molecule has 0 saturated carbocycles. The zero-order valence-corrected chi connectivity index (χ0v) is 13.3. The van der Waals surface area contributed by atoms with E-state index in [1.54, 1.807) is 6.26 Å². The minimum absolute atomic E-state index is 0.0437. The molecule has 1 atom stereocenters. The number of nitrogens with zero attached hydrogens (tertiary/aromatic N) is 1. The van der Waals surface area contributed by atoms with Crippen LogP contribution in [0.25, 0.3) is 0 Å². The van der Waals surface area contributed by atoms with Gasteiger partial charge in [0.05, 0.1) is 25.5 Å². The highest BCUT2D eigenvalue weighted by Crippen LogP contribution is 2.32. The highest BCUT2D eigenvalue weighted by atomic mass is 16.5. The molecule has 122 valence electrons. The molecule has 1 fully saturated rings. The highest BCUT2D eigenvalue weighted by Gasteiger charge is 2.29. The van der Waals surface area contributed by atoms with Gasteiger partial charge >= 0.3 is 6.03 Å². The lowest BCUT2D eigenvalue weighted by atomic mass is 10.0. The molecule has 1 aromatic carbocycles. The number of urea groups is 1. The fourth-order valence-electron chi connectivity index (χ4n) is 2.99. The van der Waals surface area contributed by atoms with Crippen LogP contribution < -0.4 is 10.1 Å². The molecule has 1 aliphatic rings. The number of hydrogen-bond donors (Lipinski definition) is 1. The smallest absolute Gasteiger partial charge is 0.318 e. The van der Waals surface area contributed by atoms with E-state index in [0.717, 1.165) is 36.5 Å². The molecule has 1 aromatic heterocycles. The van der Waals surface area contributed by atoms with Gasteiger partial charge in [-0.25, -0.2) is 4.79 Å². The van der Waals surface area contributed by atoms with Crippen LogP contribution in [0.4, 0.5) is 4.79 Å². The van der Waals surface area contributed by atoms with Crippen LogP contribution in [0.15, 0.2) is 47.1 Å². The maximum Gasteiger partial charge on any atom is 0.318 e. The molecule has 0 bridgehead atoms. The number of amides is 2. The Labute approximate surface area is 136 Å². The Kier molecular flexibility index (Phi) is 4.86. The summed E-state index contributed by atoms with van der Waals surface area (Å²) in [5.74, 6) is 1.62. The average Bonchev–Trinajstić information content (AvgIpc) is 3.25. The second kappa shape index (κ2) is 7.22. The molecule has 3 rings (SSSR count). The first-order valence-electron chi connectivity index (χ1n) is 8.07. The molecule has 1 aliphatic heterocycles. The lowest BCUT2D eigenvalue weighted by Gasteiger charge is -2.25. The van der Waals surface area contributed by atoms with E-state index in [9.17, 15) is 4.79 Å². The Morgan fingerprint density at radius 3 is 2.87 bits per heavy atom. The first kappa shape index (κ1) is 15.5. The third kappa shape index (κ3) is 3.67. The second-order valence-corrected chi connectivity index (χ2v) is 5.59. The maximum atomic E-state index is 12.4. The van der Waals surface area contributed by atoms with Crippen molar-refractivity contribution < 1.29 is 13.9 Å². The highest BCUT2D eigenvalue weighted by molar-refractivity contribution is 5.75. The van der Waals surface area contributed by atoms with E-state index < -0.39 is 0 Å². The number of carbonyl (C=O) groups excluding carboxylic acids is 1. The average molecular weight is 314 g/mol. The number of furan rings is 1. The van der Waals surface area contributed by atoms with E-state index in [1.807, 2.05) is 48.2 Å². The van der Waals surface area contributed by atoms with Gasteiger partial charge in [0.2, 0.25) is 0 Å². The van der Waals surface area contributed by atoms with Crippen LogP contribution in [0, 0.1) is 0 Å². The molecule has 0 spiro atoms. The Morgan fingerprint density at radius 1 is 1.35 bits per heavy atom. The monoisotopic (exact) mass is 314 g/mol. The topological polar surface area (TPSA) is 54.7 Å². The van der Waals surface area contributed by atoms with E-state index in [-0.39, 0.29) is 12.1 Å². The maximum absolute atomic E-state index is 12.4. The van der Waals surface area contributed by atoms with Crippen LogP contribution in [-0.4, -0.2) is 24.1 Å². The van der Waals surface area contributed by atoms with Gasteiger partial charge in [0, 0.05) is 6.54 Å². The predicted molar refractivity (Wildman–Crippen MR) is 87.2 cm³/mol. The Balaban J connectivity index is 1.63. The minimum atomic E-state index is -0.0437. The van der Waals surface area contributed by atoms with E-state index in [4.69, 9.17) is 9.15 Å². The van der Waals surface area contributed by atoms with Crippen LogP contribution in [0.5, 0.6) is 5.75 Å². The molecular weight excluding hydrogens is 292 g/mol. The number of carbonyl (C=O) groups is 1. The molecule has 2 amide bonds. The van der Waals surface area contributed by atoms with Gasteiger partial charge in [0.15, 0.2) is 0 Å². The van der Waals surface area contributed by atoms with Gasteiger partial charge in [-0.15, -0.1) is 0 Å². The first-order valence-corrected chi connectivity index (χ1v) is 8.07. The Bertz CT molecular complexity index is 622. The van der Waals surface area contributed by atoms with Gasteiger partial charge in [-0.3, -0.25) is 0 Å².